The van der Waals surface area contributed by atoms with Crippen LogP contribution in [-0.2, 0) is 0 Å². The first kappa shape index (κ1) is 16.5. The molecule has 6 aromatic heterocycles. The van der Waals surface area contributed by atoms with Gasteiger partial charge in [0.15, 0.2) is 5.65 Å². The molecular weight excluding hydrogens is 376 g/mol. The maximum Gasteiger partial charge on any atom is 0.181 e. The zero-order chi connectivity index (χ0) is 19.9. The van der Waals surface area contributed by atoms with Gasteiger partial charge in [-0.15, -0.1) is 0 Å². The summed E-state index contributed by atoms with van der Waals surface area (Å²) in [7, 11) is 0. The molecule has 0 aliphatic rings. The molecule has 6 aromatic rings. The number of aromatic amines is 2. The van der Waals surface area contributed by atoms with E-state index >= 15 is 0 Å². The molecule has 0 unspecified atom stereocenters. The third kappa shape index (κ3) is 2.62. The molecular formula is C22H14N8. The molecule has 142 valence electrons. The van der Waals surface area contributed by atoms with Gasteiger partial charge in [-0.25, -0.2) is 15.0 Å². The third-order valence-electron chi connectivity index (χ3n) is 5.06. The van der Waals surface area contributed by atoms with E-state index in [-0.39, 0.29) is 0 Å². The van der Waals surface area contributed by atoms with Crippen LogP contribution in [0.2, 0.25) is 0 Å². The molecule has 0 amide bonds. The fourth-order valence-corrected chi connectivity index (χ4v) is 3.62. The summed E-state index contributed by atoms with van der Waals surface area (Å²) in [5.41, 5.74) is 7.02. The Hall–Kier alpha value is -4.46. The summed E-state index contributed by atoms with van der Waals surface area (Å²) in [6, 6.07) is 9.98. The van der Waals surface area contributed by atoms with Crippen molar-refractivity contribution in [1.29, 1.82) is 0 Å². The Bertz CT molecular complexity index is 1490. The highest BCUT2D eigenvalue weighted by Gasteiger charge is 2.15. The van der Waals surface area contributed by atoms with E-state index in [2.05, 4.69) is 46.2 Å². The highest BCUT2D eigenvalue weighted by molar-refractivity contribution is 6.00. The molecule has 8 heteroatoms. The Morgan fingerprint density at radius 3 is 2.57 bits per heavy atom. The standard InChI is InChI=1S/C22H14N8/c1-2-4-26-18(3-1)17-10-23-11-20-15(17)6-19(28-20)21-16-5-13(9-27-22(16)30-29-21)14-7-24-12-25-8-14/h1-12,28H,(H,27,29,30). The van der Waals surface area contributed by atoms with E-state index in [1.807, 2.05) is 36.7 Å². The number of hydrogen-bond donors (Lipinski definition) is 2. The highest BCUT2D eigenvalue weighted by Crippen LogP contribution is 2.33. The van der Waals surface area contributed by atoms with Crippen molar-refractivity contribution in [3.8, 4) is 33.8 Å². The van der Waals surface area contributed by atoms with Gasteiger partial charge < -0.3 is 4.98 Å². The van der Waals surface area contributed by atoms with Gasteiger partial charge >= 0.3 is 0 Å². The van der Waals surface area contributed by atoms with E-state index in [1.54, 1.807) is 24.8 Å². The van der Waals surface area contributed by atoms with Crippen LogP contribution in [0.25, 0.3) is 55.7 Å². The maximum atomic E-state index is 4.49. The number of hydrogen-bond acceptors (Lipinski definition) is 6. The summed E-state index contributed by atoms with van der Waals surface area (Å²) in [4.78, 5) is 25.0. The van der Waals surface area contributed by atoms with E-state index in [0.717, 1.165) is 50.1 Å². The van der Waals surface area contributed by atoms with Crippen LogP contribution in [0.3, 0.4) is 0 Å². The van der Waals surface area contributed by atoms with Crippen LogP contribution in [-0.4, -0.2) is 40.1 Å². The monoisotopic (exact) mass is 390 g/mol. The minimum Gasteiger partial charge on any atom is -0.352 e. The van der Waals surface area contributed by atoms with Gasteiger partial charge in [0.25, 0.3) is 0 Å². The highest BCUT2D eigenvalue weighted by atomic mass is 15.2. The van der Waals surface area contributed by atoms with Gasteiger partial charge in [-0.05, 0) is 24.3 Å². The zero-order valence-corrected chi connectivity index (χ0v) is 15.6. The first-order valence-corrected chi connectivity index (χ1v) is 9.35. The maximum absolute atomic E-state index is 4.49. The molecule has 8 nitrogen and oxygen atoms in total. The Labute approximate surface area is 170 Å². The first-order valence-electron chi connectivity index (χ1n) is 9.35. The smallest absolute Gasteiger partial charge is 0.181 e. The summed E-state index contributed by atoms with van der Waals surface area (Å²) in [5, 5.41) is 9.44. The van der Waals surface area contributed by atoms with Crippen LogP contribution >= 0.6 is 0 Å². The molecule has 30 heavy (non-hydrogen) atoms. The number of rotatable bonds is 3. The molecule has 0 saturated heterocycles. The molecule has 0 saturated carbocycles. The predicted molar refractivity (Wildman–Crippen MR) is 113 cm³/mol. The second-order valence-electron chi connectivity index (χ2n) is 6.87. The van der Waals surface area contributed by atoms with Crippen molar-refractivity contribution in [1.82, 2.24) is 40.1 Å². The molecule has 0 bridgehead atoms. The zero-order valence-electron chi connectivity index (χ0n) is 15.6. The normalized spacial score (nSPS) is 11.3. The molecule has 6 heterocycles. The summed E-state index contributed by atoms with van der Waals surface area (Å²) in [6.45, 7) is 0. The van der Waals surface area contributed by atoms with Crippen LogP contribution in [0, 0.1) is 0 Å². The lowest BCUT2D eigenvalue weighted by Crippen LogP contribution is -1.85. The van der Waals surface area contributed by atoms with Crippen molar-refractivity contribution in [3.05, 3.63) is 73.8 Å². The lowest BCUT2D eigenvalue weighted by Gasteiger charge is -2.01. The number of nitrogens with zero attached hydrogens (tertiary/aromatic N) is 6. The lowest BCUT2D eigenvalue weighted by molar-refractivity contribution is 1.10. The number of fused-ring (bicyclic) bond motifs is 2. The van der Waals surface area contributed by atoms with Gasteiger partial charge in [0.1, 0.15) is 6.33 Å². The molecule has 2 N–H and O–H groups in total. The van der Waals surface area contributed by atoms with E-state index < -0.39 is 0 Å². The van der Waals surface area contributed by atoms with Crippen molar-refractivity contribution >= 4 is 21.9 Å². The molecule has 0 radical (unpaired) electrons. The lowest BCUT2D eigenvalue weighted by atomic mass is 10.1. The average molecular weight is 390 g/mol. The Kier molecular flexibility index (Phi) is 3.60. The summed E-state index contributed by atoms with van der Waals surface area (Å²) in [6.07, 6.45) is 12.3. The third-order valence-corrected chi connectivity index (χ3v) is 5.06. The van der Waals surface area contributed by atoms with Gasteiger partial charge in [0.05, 0.1) is 28.8 Å². The van der Waals surface area contributed by atoms with Crippen LogP contribution in [0.5, 0.6) is 0 Å². The summed E-state index contributed by atoms with van der Waals surface area (Å²) in [5.74, 6) is 0. The van der Waals surface area contributed by atoms with E-state index in [9.17, 15) is 0 Å². The van der Waals surface area contributed by atoms with Crippen LogP contribution in [0.4, 0.5) is 0 Å². The number of nitrogens with one attached hydrogen (secondary N) is 2. The molecule has 0 spiro atoms. The summed E-state index contributed by atoms with van der Waals surface area (Å²) >= 11 is 0. The fraction of sp³-hybridized carbons (Fsp3) is 0. The van der Waals surface area contributed by atoms with Crippen molar-refractivity contribution in [2.24, 2.45) is 0 Å². The number of H-pyrrole nitrogens is 2. The first-order chi connectivity index (χ1) is 14.9. The molecule has 0 aromatic carbocycles. The van der Waals surface area contributed by atoms with E-state index in [0.29, 0.717) is 5.65 Å². The fourth-order valence-electron chi connectivity index (χ4n) is 3.62. The summed E-state index contributed by atoms with van der Waals surface area (Å²) < 4.78 is 0. The van der Waals surface area contributed by atoms with Crippen molar-refractivity contribution < 1.29 is 0 Å². The molecule has 0 fully saturated rings. The van der Waals surface area contributed by atoms with Crippen molar-refractivity contribution in [3.63, 3.8) is 0 Å². The molecule has 0 atom stereocenters. The Morgan fingerprint density at radius 2 is 1.70 bits per heavy atom. The second kappa shape index (κ2) is 6.56. The van der Waals surface area contributed by atoms with Crippen LogP contribution < -0.4 is 0 Å². The Morgan fingerprint density at radius 1 is 0.767 bits per heavy atom. The predicted octanol–water partition coefficient (Wildman–Crippen LogP) is 4.02. The van der Waals surface area contributed by atoms with Crippen LogP contribution in [0.15, 0.2) is 73.8 Å². The van der Waals surface area contributed by atoms with Gasteiger partial charge in [-0.3, -0.25) is 15.1 Å². The van der Waals surface area contributed by atoms with Crippen molar-refractivity contribution in [2.45, 2.75) is 0 Å². The SMILES string of the molecule is c1ccc(-c2cncc3[nH]c(-c4[nH]nc5ncc(-c6cncnc6)cc45)cc23)nc1. The largest absolute Gasteiger partial charge is 0.352 e. The second-order valence-corrected chi connectivity index (χ2v) is 6.87. The van der Waals surface area contributed by atoms with Gasteiger partial charge in [0, 0.05) is 58.4 Å². The number of aromatic nitrogens is 8. The Balaban J connectivity index is 1.52. The van der Waals surface area contributed by atoms with E-state index in [4.69, 9.17) is 0 Å². The molecule has 0 aliphatic heterocycles. The quantitative estimate of drug-likeness (QED) is 0.472. The van der Waals surface area contributed by atoms with E-state index in [1.165, 1.54) is 6.33 Å². The molecule has 0 aliphatic carbocycles. The topological polar surface area (TPSA) is 109 Å². The minimum atomic E-state index is 0.646. The minimum absolute atomic E-state index is 0.646. The van der Waals surface area contributed by atoms with Gasteiger partial charge in [-0.1, -0.05) is 6.07 Å². The van der Waals surface area contributed by atoms with Crippen molar-refractivity contribution in [2.75, 3.05) is 0 Å². The average Bonchev–Trinajstić information content (AvgIpc) is 3.43. The van der Waals surface area contributed by atoms with Gasteiger partial charge in [-0.2, -0.15) is 5.10 Å². The number of pyridine rings is 3. The van der Waals surface area contributed by atoms with Crippen LogP contribution in [0.1, 0.15) is 0 Å². The molecule has 6 rings (SSSR count). The van der Waals surface area contributed by atoms with Gasteiger partial charge in [0.2, 0.25) is 0 Å².